The van der Waals surface area contributed by atoms with Crippen LogP contribution in [0.1, 0.15) is 37.1 Å². The first-order chi connectivity index (χ1) is 11.1. The number of benzene rings is 1. The van der Waals surface area contributed by atoms with E-state index in [1.165, 1.54) is 0 Å². The highest BCUT2D eigenvalue weighted by atomic mass is 16.3. The molecule has 2 amide bonds. The van der Waals surface area contributed by atoms with E-state index in [0.717, 1.165) is 35.1 Å². The molecule has 0 bridgehead atoms. The molecular weight excluding hydrogens is 290 g/mol. The molecule has 2 aromatic rings. The molecule has 0 saturated carbocycles. The molecule has 0 aliphatic carbocycles. The van der Waals surface area contributed by atoms with Crippen LogP contribution in [0.25, 0.3) is 11.0 Å². The van der Waals surface area contributed by atoms with Gasteiger partial charge in [0.1, 0.15) is 11.3 Å². The molecule has 1 atom stereocenters. The van der Waals surface area contributed by atoms with Crippen LogP contribution in [0.5, 0.6) is 0 Å². The molecule has 1 aromatic carbocycles. The lowest BCUT2D eigenvalue weighted by atomic mass is 9.99. The first kappa shape index (κ1) is 15.4. The van der Waals surface area contributed by atoms with E-state index >= 15 is 0 Å². The Morgan fingerprint density at radius 1 is 1.39 bits per heavy atom. The molecule has 23 heavy (non-hydrogen) atoms. The van der Waals surface area contributed by atoms with Crippen molar-refractivity contribution < 1.29 is 9.21 Å². The average molecular weight is 311 g/mol. The second-order valence-corrected chi connectivity index (χ2v) is 6.15. The molecule has 0 radical (unpaired) electrons. The Balaban J connectivity index is 1.68. The van der Waals surface area contributed by atoms with Gasteiger partial charge in [0.2, 0.25) is 0 Å². The van der Waals surface area contributed by atoms with Gasteiger partial charge in [-0.15, -0.1) is 0 Å². The lowest BCUT2D eigenvalue weighted by Crippen LogP contribution is -2.45. The number of fused-ring (bicyclic) bond motifs is 1. The van der Waals surface area contributed by atoms with E-state index in [9.17, 15) is 4.79 Å². The number of rotatable bonds is 2. The van der Waals surface area contributed by atoms with E-state index in [4.69, 9.17) is 9.68 Å². The lowest BCUT2D eigenvalue weighted by molar-refractivity contribution is 0.175. The summed E-state index contributed by atoms with van der Waals surface area (Å²) in [6, 6.07) is 9.89. The maximum absolute atomic E-state index is 12.4. The molecule has 5 heteroatoms. The zero-order valence-corrected chi connectivity index (χ0v) is 13.5. The number of urea groups is 1. The molecule has 120 valence electrons. The van der Waals surface area contributed by atoms with Crippen LogP contribution in [-0.2, 0) is 0 Å². The number of hydrogen-bond donors (Lipinski definition) is 1. The van der Waals surface area contributed by atoms with Crippen LogP contribution < -0.4 is 5.32 Å². The van der Waals surface area contributed by atoms with Crippen molar-refractivity contribution in [1.29, 1.82) is 5.26 Å². The number of likely N-dealkylation sites (tertiary alicyclic amines) is 1. The minimum Gasteiger partial charge on any atom is -0.459 e. The molecule has 2 heterocycles. The normalized spacial score (nSPS) is 17.0. The summed E-state index contributed by atoms with van der Waals surface area (Å²) >= 11 is 0. The molecular formula is C18H21N3O2. The van der Waals surface area contributed by atoms with Crippen molar-refractivity contribution in [2.24, 2.45) is 5.92 Å². The summed E-state index contributed by atoms with van der Waals surface area (Å²) in [6.45, 7) is 5.22. The van der Waals surface area contributed by atoms with Crippen LogP contribution in [0.4, 0.5) is 4.79 Å². The summed E-state index contributed by atoms with van der Waals surface area (Å²) in [7, 11) is 0. The Morgan fingerprint density at radius 3 is 2.74 bits per heavy atom. The standard InChI is InChI=1S/C18H21N3O2/c1-12-15-5-3-4-6-16(15)23-17(12)13(2)20-18(22)21-9-7-14(11-19)8-10-21/h3-6,13-14H,7-10H2,1-2H3,(H,20,22). The van der Waals surface area contributed by atoms with Gasteiger partial charge in [0.25, 0.3) is 0 Å². The van der Waals surface area contributed by atoms with Crippen molar-refractivity contribution in [3.63, 3.8) is 0 Å². The number of para-hydroxylation sites is 1. The zero-order chi connectivity index (χ0) is 16.4. The largest absolute Gasteiger partial charge is 0.459 e. The third-order valence-corrected chi connectivity index (χ3v) is 4.58. The van der Waals surface area contributed by atoms with Gasteiger partial charge in [-0.3, -0.25) is 0 Å². The van der Waals surface area contributed by atoms with Crippen molar-refractivity contribution in [2.45, 2.75) is 32.7 Å². The number of aryl methyl sites for hydroxylation is 1. The predicted molar refractivity (Wildman–Crippen MR) is 87.8 cm³/mol. The zero-order valence-electron chi connectivity index (χ0n) is 13.5. The maximum Gasteiger partial charge on any atom is 0.317 e. The van der Waals surface area contributed by atoms with E-state index < -0.39 is 0 Å². The quantitative estimate of drug-likeness (QED) is 0.918. The molecule has 0 spiro atoms. The number of nitriles is 1. The second kappa shape index (κ2) is 6.33. The van der Waals surface area contributed by atoms with Gasteiger partial charge in [-0.25, -0.2) is 4.79 Å². The van der Waals surface area contributed by atoms with Crippen LogP contribution in [0.2, 0.25) is 0 Å². The number of furan rings is 1. The predicted octanol–water partition coefficient (Wildman–Crippen LogP) is 3.75. The molecule has 5 nitrogen and oxygen atoms in total. The van der Waals surface area contributed by atoms with Crippen molar-refractivity contribution in [1.82, 2.24) is 10.2 Å². The Labute approximate surface area is 135 Å². The topological polar surface area (TPSA) is 69.3 Å². The van der Waals surface area contributed by atoms with Crippen molar-refractivity contribution in [3.05, 3.63) is 35.6 Å². The van der Waals surface area contributed by atoms with E-state index in [2.05, 4.69) is 11.4 Å². The molecule has 1 N–H and O–H groups in total. The molecule has 1 fully saturated rings. The van der Waals surface area contributed by atoms with Gasteiger partial charge in [-0.1, -0.05) is 18.2 Å². The maximum atomic E-state index is 12.4. The number of carbonyl (C=O) groups excluding carboxylic acids is 1. The summed E-state index contributed by atoms with van der Waals surface area (Å²) < 4.78 is 5.91. The van der Waals surface area contributed by atoms with Crippen molar-refractivity contribution in [2.75, 3.05) is 13.1 Å². The summed E-state index contributed by atoms with van der Waals surface area (Å²) in [6.07, 6.45) is 1.50. The smallest absolute Gasteiger partial charge is 0.317 e. The molecule has 3 rings (SSSR count). The van der Waals surface area contributed by atoms with E-state index in [1.807, 2.05) is 38.1 Å². The molecule has 1 aliphatic rings. The van der Waals surface area contributed by atoms with E-state index in [-0.39, 0.29) is 18.0 Å². The first-order valence-electron chi connectivity index (χ1n) is 8.03. The van der Waals surface area contributed by atoms with Gasteiger partial charge in [-0.05, 0) is 32.8 Å². The lowest BCUT2D eigenvalue weighted by Gasteiger charge is -2.30. The van der Waals surface area contributed by atoms with Gasteiger partial charge in [0.15, 0.2) is 0 Å². The van der Waals surface area contributed by atoms with E-state index in [1.54, 1.807) is 4.90 Å². The van der Waals surface area contributed by atoms with Gasteiger partial charge in [0.05, 0.1) is 12.1 Å². The highest BCUT2D eigenvalue weighted by Crippen LogP contribution is 2.29. The van der Waals surface area contributed by atoms with Crippen LogP contribution in [0.3, 0.4) is 0 Å². The number of carbonyl (C=O) groups is 1. The van der Waals surface area contributed by atoms with Crippen LogP contribution >= 0.6 is 0 Å². The third kappa shape index (κ3) is 3.02. The van der Waals surface area contributed by atoms with Gasteiger partial charge in [-0.2, -0.15) is 5.26 Å². The first-order valence-corrected chi connectivity index (χ1v) is 8.03. The fourth-order valence-corrected chi connectivity index (χ4v) is 3.16. The summed E-state index contributed by atoms with van der Waals surface area (Å²) in [4.78, 5) is 14.2. The summed E-state index contributed by atoms with van der Waals surface area (Å²) in [5.41, 5.74) is 1.91. The van der Waals surface area contributed by atoms with Crippen LogP contribution in [-0.4, -0.2) is 24.0 Å². The van der Waals surface area contributed by atoms with Gasteiger partial charge < -0.3 is 14.6 Å². The SMILES string of the molecule is Cc1c(C(C)NC(=O)N2CCC(C#N)CC2)oc2ccccc12. The molecule has 1 aromatic heterocycles. The van der Waals surface area contributed by atoms with Gasteiger partial charge >= 0.3 is 6.03 Å². The molecule has 1 unspecified atom stereocenters. The minimum absolute atomic E-state index is 0.0779. The monoisotopic (exact) mass is 311 g/mol. The minimum atomic E-state index is -0.191. The number of hydrogen-bond acceptors (Lipinski definition) is 3. The number of amides is 2. The highest BCUT2D eigenvalue weighted by Gasteiger charge is 2.25. The molecule has 1 aliphatic heterocycles. The fourth-order valence-electron chi connectivity index (χ4n) is 3.16. The fraction of sp³-hybridized carbons (Fsp3) is 0.444. The third-order valence-electron chi connectivity index (χ3n) is 4.58. The second-order valence-electron chi connectivity index (χ2n) is 6.15. The Hall–Kier alpha value is -2.48. The highest BCUT2D eigenvalue weighted by molar-refractivity contribution is 5.82. The summed E-state index contributed by atoms with van der Waals surface area (Å²) in [5.74, 6) is 0.876. The average Bonchev–Trinajstić information content (AvgIpc) is 2.92. The van der Waals surface area contributed by atoms with Crippen LogP contribution in [0, 0.1) is 24.2 Å². The van der Waals surface area contributed by atoms with Crippen molar-refractivity contribution >= 4 is 17.0 Å². The van der Waals surface area contributed by atoms with Crippen molar-refractivity contribution in [3.8, 4) is 6.07 Å². The number of piperidine rings is 1. The van der Waals surface area contributed by atoms with Gasteiger partial charge in [0, 0.05) is 30.0 Å². The number of nitrogens with one attached hydrogen (secondary N) is 1. The Morgan fingerprint density at radius 2 is 2.09 bits per heavy atom. The summed E-state index contributed by atoms with van der Waals surface area (Å²) in [5, 5.41) is 13.0. The Bertz CT molecular complexity index is 751. The Kier molecular flexibility index (Phi) is 4.24. The number of nitrogens with zero attached hydrogens (tertiary/aromatic N) is 2. The van der Waals surface area contributed by atoms with E-state index in [0.29, 0.717) is 13.1 Å². The molecule has 1 saturated heterocycles. The van der Waals surface area contributed by atoms with Crippen LogP contribution in [0.15, 0.2) is 28.7 Å².